The van der Waals surface area contributed by atoms with Gasteiger partial charge in [0.1, 0.15) is 17.2 Å². The fourth-order valence-electron chi connectivity index (χ4n) is 4.59. The van der Waals surface area contributed by atoms with Gasteiger partial charge in [-0.1, -0.05) is 18.2 Å². The van der Waals surface area contributed by atoms with E-state index >= 15 is 0 Å². The van der Waals surface area contributed by atoms with Crippen molar-refractivity contribution >= 4 is 27.9 Å². The first-order chi connectivity index (χ1) is 17.0. The van der Waals surface area contributed by atoms with Crippen molar-refractivity contribution in [2.75, 3.05) is 27.2 Å². The van der Waals surface area contributed by atoms with Crippen molar-refractivity contribution in [3.8, 4) is 5.75 Å². The smallest absolute Gasteiger partial charge is 0.410 e. The normalized spacial score (nSPS) is 15.4. The minimum atomic E-state index is -0.541. The SMILES string of the molecule is COc1ccc(CN(C)C(=O)CC(c2ccc(F)cc2)C2CCN(C(=O)OC(C)(C)C)CC2)cc1Br. The number of carbonyl (C=O) groups excluding carboxylic acids is 2. The average Bonchev–Trinajstić information content (AvgIpc) is 2.82. The van der Waals surface area contributed by atoms with Gasteiger partial charge in [0.05, 0.1) is 11.6 Å². The molecule has 1 heterocycles. The molecule has 0 bridgehead atoms. The van der Waals surface area contributed by atoms with Gasteiger partial charge in [0, 0.05) is 33.1 Å². The largest absolute Gasteiger partial charge is 0.496 e. The second-order valence-corrected chi connectivity index (χ2v) is 11.2. The lowest BCUT2D eigenvalue weighted by Gasteiger charge is -2.37. The minimum Gasteiger partial charge on any atom is -0.496 e. The van der Waals surface area contributed by atoms with Crippen molar-refractivity contribution in [1.82, 2.24) is 9.80 Å². The fraction of sp³-hybridized carbons (Fsp3) is 0.500. The maximum Gasteiger partial charge on any atom is 0.410 e. The lowest BCUT2D eigenvalue weighted by Crippen LogP contribution is -2.43. The van der Waals surface area contributed by atoms with E-state index in [-0.39, 0.29) is 29.7 Å². The van der Waals surface area contributed by atoms with Crippen LogP contribution in [0, 0.1) is 11.7 Å². The van der Waals surface area contributed by atoms with E-state index in [1.165, 1.54) is 12.1 Å². The highest BCUT2D eigenvalue weighted by molar-refractivity contribution is 9.10. The molecule has 196 valence electrons. The van der Waals surface area contributed by atoms with Gasteiger partial charge in [-0.25, -0.2) is 9.18 Å². The van der Waals surface area contributed by atoms with Crippen LogP contribution in [-0.4, -0.2) is 54.6 Å². The minimum absolute atomic E-state index is 0.0193. The van der Waals surface area contributed by atoms with Gasteiger partial charge in [0.25, 0.3) is 0 Å². The number of hydrogen-bond donors (Lipinski definition) is 0. The number of halogens is 2. The number of amides is 2. The van der Waals surface area contributed by atoms with Crippen molar-refractivity contribution < 1.29 is 23.5 Å². The topological polar surface area (TPSA) is 59.1 Å². The molecule has 8 heteroatoms. The third-order valence-corrected chi connectivity index (χ3v) is 7.13. The number of likely N-dealkylation sites (tertiary alicyclic amines) is 1. The average molecular weight is 564 g/mol. The number of methoxy groups -OCH3 is 1. The van der Waals surface area contributed by atoms with Crippen molar-refractivity contribution in [2.24, 2.45) is 5.92 Å². The van der Waals surface area contributed by atoms with E-state index in [2.05, 4.69) is 15.9 Å². The summed E-state index contributed by atoms with van der Waals surface area (Å²) >= 11 is 3.50. The molecule has 2 aromatic rings. The van der Waals surface area contributed by atoms with E-state index in [1.54, 1.807) is 36.1 Å². The van der Waals surface area contributed by atoms with Crippen LogP contribution in [-0.2, 0) is 16.1 Å². The van der Waals surface area contributed by atoms with Crippen LogP contribution in [0.4, 0.5) is 9.18 Å². The molecule has 1 aliphatic rings. The van der Waals surface area contributed by atoms with E-state index in [0.29, 0.717) is 26.1 Å². The van der Waals surface area contributed by atoms with Gasteiger partial charge in [0.2, 0.25) is 5.91 Å². The van der Waals surface area contributed by atoms with Gasteiger partial charge in [0.15, 0.2) is 0 Å². The molecule has 3 rings (SSSR count). The van der Waals surface area contributed by atoms with Gasteiger partial charge in [-0.15, -0.1) is 0 Å². The monoisotopic (exact) mass is 562 g/mol. The van der Waals surface area contributed by atoms with Crippen LogP contribution in [0.25, 0.3) is 0 Å². The molecule has 0 spiro atoms. The van der Waals surface area contributed by atoms with Crippen LogP contribution in [0.3, 0.4) is 0 Å². The lowest BCUT2D eigenvalue weighted by molar-refractivity contribution is -0.131. The number of carbonyl (C=O) groups is 2. The molecule has 0 aliphatic carbocycles. The molecule has 0 aromatic heterocycles. The standard InChI is InChI=1S/C28H36BrFN2O4/c1-28(2,3)36-27(34)32-14-12-21(13-15-32)23(20-7-9-22(30)10-8-20)17-26(33)31(4)18-19-6-11-25(35-5)24(29)16-19/h6-11,16,21,23H,12-15,17-18H2,1-5H3. The molecule has 0 radical (unpaired) electrons. The Labute approximate surface area is 221 Å². The van der Waals surface area contributed by atoms with Crippen molar-refractivity contribution in [3.05, 3.63) is 63.9 Å². The van der Waals surface area contributed by atoms with Crippen LogP contribution >= 0.6 is 15.9 Å². The van der Waals surface area contributed by atoms with Crippen LogP contribution in [0.5, 0.6) is 5.75 Å². The van der Waals surface area contributed by atoms with E-state index in [1.807, 2.05) is 39.0 Å². The molecule has 6 nitrogen and oxygen atoms in total. The third kappa shape index (κ3) is 7.69. The summed E-state index contributed by atoms with van der Waals surface area (Å²) in [6, 6.07) is 12.2. The van der Waals surface area contributed by atoms with Crippen LogP contribution in [0.1, 0.15) is 57.1 Å². The van der Waals surface area contributed by atoms with Gasteiger partial charge < -0.3 is 19.3 Å². The Hall–Kier alpha value is -2.61. The molecule has 36 heavy (non-hydrogen) atoms. The number of rotatable bonds is 7. The first-order valence-electron chi connectivity index (χ1n) is 12.3. The number of hydrogen-bond acceptors (Lipinski definition) is 4. The summed E-state index contributed by atoms with van der Waals surface area (Å²) in [6.45, 7) is 7.18. The summed E-state index contributed by atoms with van der Waals surface area (Å²) in [5.41, 5.74) is 1.39. The zero-order valence-electron chi connectivity index (χ0n) is 21.7. The van der Waals surface area contributed by atoms with E-state index in [0.717, 1.165) is 34.2 Å². The fourth-order valence-corrected chi connectivity index (χ4v) is 5.18. The zero-order chi connectivity index (χ0) is 26.5. The summed E-state index contributed by atoms with van der Waals surface area (Å²) in [5, 5.41) is 0. The highest BCUT2D eigenvalue weighted by Crippen LogP contribution is 2.36. The zero-order valence-corrected chi connectivity index (χ0v) is 23.3. The molecule has 1 saturated heterocycles. The van der Waals surface area contributed by atoms with Crippen molar-refractivity contribution in [3.63, 3.8) is 0 Å². The van der Waals surface area contributed by atoms with Crippen molar-refractivity contribution in [2.45, 2.75) is 58.1 Å². The summed E-state index contributed by atoms with van der Waals surface area (Å²) in [6.07, 6.45) is 1.52. The Balaban J connectivity index is 1.69. The van der Waals surface area contributed by atoms with Gasteiger partial charge >= 0.3 is 6.09 Å². The summed E-state index contributed by atoms with van der Waals surface area (Å²) in [4.78, 5) is 29.3. The summed E-state index contributed by atoms with van der Waals surface area (Å²) in [5.74, 6) is 0.587. The Morgan fingerprint density at radius 2 is 1.78 bits per heavy atom. The lowest BCUT2D eigenvalue weighted by atomic mass is 9.78. The first kappa shape index (κ1) is 28.0. The molecule has 2 aromatic carbocycles. The molecule has 1 atom stereocenters. The Morgan fingerprint density at radius 1 is 1.14 bits per heavy atom. The predicted molar refractivity (Wildman–Crippen MR) is 141 cm³/mol. The molecular weight excluding hydrogens is 527 g/mol. The second kappa shape index (κ2) is 12.1. The number of nitrogens with zero attached hydrogens (tertiary/aromatic N) is 2. The van der Waals surface area contributed by atoms with Crippen LogP contribution in [0.15, 0.2) is 46.9 Å². The van der Waals surface area contributed by atoms with Crippen LogP contribution in [0.2, 0.25) is 0 Å². The number of benzene rings is 2. The summed E-state index contributed by atoms with van der Waals surface area (Å²) in [7, 11) is 3.41. The predicted octanol–water partition coefficient (Wildman–Crippen LogP) is 6.38. The molecule has 1 fully saturated rings. The van der Waals surface area contributed by atoms with Crippen LogP contribution < -0.4 is 4.74 Å². The summed E-state index contributed by atoms with van der Waals surface area (Å²) < 4.78 is 25.3. The highest BCUT2D eigenvalue weighted by Gasteiger charge is 2.33. The highest BCUT2D eigenvalue weighted by atomic mass is 79.9. The maximum atomic E-state index is 13.6. The quantitative estimate of drug-likeness (QED) is 0.393. The van der Waals surface area contributed by atoms with E-state index in [4.69, 9.17) is 9.47 Å². The molecular formula is C28H36BrFN2O4. The first-order valence-corrected chi connectivity index (χ1v) is 13.1. The van der Waals surface area contributed by atoms with Gasteiger partial charge in [-0.05, 0) is 96.8 Å². The second-order valence-electron chi connectivity index (χ2n) is 10.4. The molecule has 2 amide bonds. The Bertz CT molecular complexity index is 1050. The van der Waals surface area contributed by atoms with Crippen molar-refractivity contribution in [1.29, 1.82) is 0 Å². The van der Waals surface area contributed by atoms with Gasteiger partial charge in [-0.2, -0.15) is 0 Å². The molecule has 1 unspecified atom stereocenters. The van der Waals surface area contributed by atoms with Gasteiger partial charge in [-0.3, -0.25) is 4.79 Å². The molecule has 1 aliphatic heterocycles. The molecule has 0 N–H and O–H groups in total. The maximum absolute atomic E-state index is 13.6. The number of ether oxygens (including phenoxy) is 2. The molecule has 0 saturated carbocycles. The Morgan fingerprint density at radius 3 is 2.33 bits per heavy atom. The third-order valence-electron chi connectivity index (χ3n) is 6.51. The van der Waals surface area contributed by atoms with E-state index in [9.17, 15) is 14.0 Å². The van der Waals surface area contributed by atoms with E-state index < -0.39 is 5.60 Å². The Kier molecular flexibility index (Phi) is 9.39. The number of piperidine rings is 1.